The maximum atomic E-state index is 6.06. The zero-order valence-corrected chi connectivity index (χ0v) is 9.20. The highest BCUT2D eigenvalue weighted by molar-refractivity contribution is 6.31. The lowest BCUT2D eigenvalue weighted by Gasteiger charge is -2.05. The SMILES string of the molecule is Cc1ccn(Cc2cc(N)ccc2Cl)n1. The van der Waals surface area contributed by atoms with Crippen LogP contribution in [0, 0.1) is 6.92 Å². The molecule has 0 saturated heterocycles. The van der Waals surface area contributed by atoms with Gasteiger partial charge in [0, 0.05) is 16.9 Å². The summed E-state index contributed by atoms with van der Waals surface area (Å²) in [6.45, 7) is 2.61. The van der Waals surface area contributed by atoms with Crippen molar-refractivity contribution >= 4 is 17.3 Å². The maximum absolute atomic E-state index is 6.06. The second-order valence-electron chi connectivity index (χ2n) is 3.51. The molecular formula is C11H12ClN3. The van der Waals surface area contributed by atoms with Gasteiger partial charge in [0.25, 0.3) is 0 Å². The van der Waals surface area contributed by atoms with E-state index < -0.39 is 0 Å². The lowest BCUT2D eigenvalue weighted by molar-refractivity contribution is 0.680. The molecule has 0 spiro atoms. The fourth-order valence-electron chi connectivity index (χ4n) is 1.44. The van der Waals surface area contributed by atoms with Crippen LogP contribution in [0.4, 0.5) is 5.69 Å². The smallest absolute Gasteiger partial charge is 0.0674 e. The van der Waals surface area contributed by atoms with E-state index in [0.29, 0.717) is 6.54 Å². The van der Waals surface area contributed by atoms with Crippen molar-refractivity contribution in [2.75, 3.05) is 5.73 Å². The van der Waals surface area contributed by atoms with Crippen LogP contribution in [0.5, 0.6) is 0 Å². The molecule has 0 aliphatic carbocycles. The second kappa shape index (κ2) is 3.95. The van der Waals surface area contributed by atoms with Crippen molar-refractivity contribution < 1.29 is 0 Å². The molecule has 0 unspecified atom stereocenters. The molecule has 15 heavy (non-hydrogen) atoms. The van der Waals surface area contributed by atoms with Crippen molar-refractivity contribution in [1.82, 2.24) is 9.78 Å². The number of benzene rings is 1. The fourth-order valence-corrected chi connectivity index (χ4v) is 1.62. The Morgan fingerprint density at radius 3 is 2.87 bits per heavy atom. The number of hydrogen-bond acceptors (Lipinski definition) is 2. The Balaban J connectivity index is 2.27. The summed E-state index contributed by atoms with van der Waals surface area (Å²) in [5, 5.41) is 5.01. The van der Waals surface area contributed by atoms with Crippen molar-refractivity contribution in [3.8, 4) is 0 Å². The number of rotatable bonds is 2. The summed E-state index contributed by atoms with van der Waals surface area (Å²) < 4.78 is 1.84. The Kier molecular flexibility index (Phi) is 2.64. The minimum atomic E-state index is 0.651. The predicted octanol–water partition coefficient (Wildman–Crippen LogP) is 2.48. The fraction of sp³-hybridized carbons (Fsp3) is 0.182. The van der Waals surface area contributed by atoms with Crippen LogP contribution in [0.15, 0.2) is 30.5 Å². The summed E-state index contributed by atoms with van der Waals surface area (Å²) in [6, 6.07) is 7.43. The Morgan fingerprint density at radius 1 is 1.40 bits per heavy atom. The first-order chi connectivity index (χ1) is 7.15. The van der Waals surface area contributed by atoms with Crippen molar-refractivity contribution in [2.24, 2.45) is 0 Å². The quantitative estimate of drug-likeness (QED) is 0.792. The number of aryl methyl sites for hydroxylation is 1. The number of nitrogens with two attached hydrogens (primary N) is 1. The third kappa shape index (κ3) is 2.30. The Morgan fingerprint density at radius 2 is 2.20 bits per heavy atom. The van der Waals surface area contributed by atoms with E-state index in [1.165, 1.54) is 0 Å². The number of nitrogen functional groups attached to an aromatic ring is 1. The highest BCUT2D eigenvalue weighted by Crippen LogP contribution is 2.19. The standard InChI is InChI=1S/C11H12ClN3/c1-8-4-5-15(14-8)7-9-6-10(13)2-3-11(9)12/h2-6H,7,13H2,1H3. The van der Waals surface area contributed by atoms with E-state index in [1.54, 1.807) is 6.07 Å². The average molecular weight is 222 g/mol. The largest absolute Gasteiger partial charge is 0.399 e. The summed E-state index contributed by atoms with van der Waals surface area (Å²) in [6.07, 6.45) is 1.93. The predicted molar refractivity (Wildman–Crippen MR) is 61.9 cm³/mol. The molecule has 1 aromatic heterocycles. The number of anilines is 1. The number of nitrogens with zero attached hydrogens (tertiary/aromatic N) is 2. The van der Waals surface area contributed by atoms with Crippen LogP contribution in [0.1, 0.15) is 11.3 Å². The van der Waals surface area contributed by atoms with Crippen molar-refractivity contribution in [1.29, 1.82) is 0 Å². The van der Waals surface area contributed by atoms with Gasteiger partial charge in [-0.05, 0) is 36.8 Å². The van der Waals surface area contributed by atoms with Crippen molar-refractivity contribution in [3.05, 3.63) is 46.7 Å². The minimum absolute atomic E-state index is 0.651. The van der Waals surface area contributed by atoms with Gasteiger partial charge in [-0.3, -0.25) is 4.68 Å². The third-order valence-electron chi connectivity index (χ3n) is 2.18. The monoisotopic (exact) mass is 221 g/mol. The van der Waals surface area contributed by atoms with Gasteiger partial charge >= 0.3 is 0 Å². The van der Waals surface area contributed by atoms with E-state index in [0.717, 1.165) is 22.0 Å². The molecule has 2 N–H and O–H groups in total. The summed E-state index contributed by atoms with van der Waals surface area (Å²) in [5.74, 6) is 0. The molecular weight excluding hydrogens is 210 g/mol. The van der Waals surface area contributed by atoms with Gasteiger partial charge in [0.2, 0.25) is 0 Å². The Hall–Kier alpha value is -1.48. The molecule has 0 aliphatic heterocycles. The van der Waals surface area contributed by atoms with Gasteiger partial charge in [-0.1, -0.05) is 11.6 Å². The van der Waals surface area contributed by atoms with Gasteiger partial charge in [0.15, 0.2) is 0 Å². The summed E-state index contributed by atoms with van der Waals surface area (Å²) in [5.41, 5.74) is 8.40. The van der Waals surface area contributed by atoms with Gasteiger partial charge in [0.1, 0.15) is 0 Å². The molecule has 1 heterocycles. The molecule has 3 nitrogen and oxygen atoms in total. The van der Waals surface area contributed by atoms with Crippen LogP contribution in [-0.2, 0) is 6.54 Å². The Labute approximate surface area is 93.5 Å². The highest BCUT2D eigenvalue weighted by Gasteiger charge is 2.02. The van der Waals surface area contributed by atoms with Crippen molar-refractivity contribution in [3.63, 3.8) is 0 Å². The average Bonchev–Trinajstić information content (AvgIpc) is 2.58. The summed E-state index contributed by atoms with van der Waals surface area (Å²) in [4.78, 5) is 0. The number of aromatic nitrogens is 2. The maximum Gasteiger partial charge on any atom is 0.0674 e. The summed E-state index contributed by atoms with van der Waals surface area (Å²) in [7, 11) is 0. The van der Waals surface area contributed by atoms with Crippen LogP contribution >= 0.6 is 11.6 Å². The van der Waals surface area contributed by atoms with E-state index >= 15 is 0 Å². The molecule has 78 valence electrons. The molecule has 0 aliphatic rings. The van der Waals surface area contributed by atoms with E-state index in [-0.39, 0.29) is 0 Å². The third-order valence-corrected chi connectivity index (χ3v) is 2.54. The lowest BCUT2D eigenvalue weighted by Crippen LogP contribution is -2.01. The van der Waals surface area contributed by atoms with Gasteiger partial charge in [-0.25, -0.2) is 0 Å². The second-order valence-corrected chi connectivity index (χ2v) is 3.91. The molecule has 0 atom stereocenters. The van der Waals surface area contributed by atoms with E-state index in [2.05, 4.69) is 5.10 Å². The molecule has 0 saturated carbocycles. The van der Waals surface area contributed by atoms with Crippen LogP contribution < -0.4 is 5.73 Å². The zero-order valence-electron chi connectivity index (χ0n) is 8.44. The van der Waals surface area contributed by atoms with E-state index in [9.17, 15) is 0 Å². The van der Waals surface area contributed by atoms with Gasteiger partial charge in [-0.15, -0.1) is 0 Å². The molecule has 1 aromatic carbocycles. The van der Waals surface area contributed by atoms with E-state index in [4.69, 9.17) is 17.3 Å². The Bertz CT molecular complexity index is 476. The van der Waals surface area contributed by atoms with E-state index in [1.807, 2.05) is 36.0 Å². The van der Waals surface area contributed by atoms with Crippen LogP contribution in [-0.4, -0.2) is 9.78 Å². The lowest BCUT2D eigenvalue weighted by atomic mass is 10.2. The zero-order chi connectivity index (χ0) is 10.8. The van der Waals surface area contributed by atoms with Crippen LogP contribution in [0.2, 0.25) is 5.02 Å². The first kappa shape index (κ1) is 10.1. The number of halogens is 1. The molecule has 0 bridgehead atoms. The van der Waals surface area contributed by atoms with Gasteiger partial charge < -0.3 is 5.73 Å². The highest BCUT2D eigenvalue weighted by atomic mass is 35.5. The van der Waals surface area contributed by atoms with Gasteiger partial charge in [0.05, 0.1) is 12.2 Å². The molecule has 0 radical (unpaired) electrons. The summed E-state index contributed by atoms with van der Waals surface area (Å²) >= 11 is 6.06. The van der Waals surface area contributed by atoms with Gasteiger partial charge in [-0.2, -0.15) is 5.10 Å². The molecule has 4 heteroatoms. The molecule has 0 fully saturated rings. The molecule has 0 amide bonds. The molecule has 2 aromatic rings. The molecule has 2 rings (SSSR count). The van der Waals surface area contributed by atoms with Crippen LogP contribution in [0.25, 0.3) is 0 Å². The topological polar surface area (TPSA) is 43.8 Å². The number of hydrogen-bond donors (Lipinski definition) is 1. The van der Waals surface area contributed by atoms with Crippen molar-refractivity contribution in [2.45, 2.75) is 13.5 Å². The first-order valence-corrected chi connectivity index (χ1v) is 5.07. The van der Waals surface area contributed by atoms with Crippen LogP contribution in [0.3, 0.4) is 0 Å². The minimum Gasteiger partial charge on any atom is -0.399 e. The normalized spacial score (nSPS) is 10.5. The first-order valence-electron chi connectivity index (χ1n) is 4.69.